The Labute approximate surface area is 191 Å². The van der Waals surface area contributed by atoms with Crippen LogP contribution in [0.15, 0.2) is 36.4 Å². The van der Waals surface area contributed by atoms with E-state index in [0.29, 0.717) is 22.9 Å². The van der Waals surface area contributed by atoms with Crippen LogP contribution in [0, 0.1) is 6.92 Å². The summed E-state index contributed by atoms with van der Waals surface area (Å²) in [6.07, 6.45) is 3.91. The molecular weight excluding hydrogens is 422 g/mol. The Kier molecular flexibility index (Phi) is 5.50. The number of ether oxygens (including phenoxy) is 3. The molecule has 0 fully saturated rings. The molecule has 0 atom stereocenters. The van der Waals surface area contributed by atoms with E-state index in [4.69, 9.17) is 19.2 Å². The lowest BCUT2D eigenvalue weighted by Crippen LogP contribution is -2.18. The molecule has 0 saturated carbocycles. The van der Waals surface area contributed by atoms with E-state index in [-0.39, 0.29) is 18.3 Å². The Morgan fingerprint density at radius 2 is 1.82 bits per heavy atom. The van der Waals surface area contributed by atoms with Gasteiger partial charge in [0.1, 0.15) is 11.5 Å². The summed E-state index contributed by atoms with van der Waals surface area (Å²) in [5, 5.41) is 2.87. The van der Waals surface area contributed by atoms with Gasteiger partial charge < -0.3 is 24.1 Å². The van der Waals surface area contributed by atoms with Crippen LogP contribution in [0.2, 0.25) is 0 Å². The van der Waals surface area contributed by atoms with E-state index < -0.39 is 5.97 Å². The zero-order chi connectivity index (χ0) is 22.9. The quantitative estimate of drug-likeness (QED) is 0.598. The maximum absolute atomic E-state index is 13.4. The van der Waals surface area contributed by atoms with Gasteiger partial charge in [0.15, 0.2) is 11.5 Å². The Balaban J connectivity index is 1.54. The Hall–Kier alpha value is -3.81. The summed E-state index contributed by atoms with van der Waals surface area (Å²) in [5.74, 6) is 0.736. The molecule has 5 rings (SSSR count). The number of imidazole rings is 1. The normalized spacial score (nSPS) is 14.4. The van der Waals surface area contributed by atoms with Crippen molar-refractivity contribution in [2.45, 2.75) is 39.2 Å². The van der Waals surface area contributed by atoms with Crippen LogP contribution in [0.3, 0.4) is 0 Å². The zero-order valence-corrected chi connectivity index (χ0v) is 18.6. The first-order valence-corrected chi connectivity index (χ1v) is 11.0. The fraction of sp³-hybridized carbons (Fsp3) is 0.320. The monoisotopic (exact) mass is 447 g/mol. The smallest absolute Gasteiger partial charge is 0.340 e. The minimum Gasteiger partial charge on any atom is -0.465 e. The Bertz CT molecular complexity index is 1230. The van der Waals surface area contributed by atoms with Crippen LogP contribution in [0.25, 0.3) is 11.4 Å². The number of esters is 1. The van der Waals surface area contributed by atoms with Gasteiger partial charge in [-0.25, -0.2) is 9.78 Å². The van der Waals surface area contributed by atoms with Gasteiger partial charge in [0.25, 0.3) is 5.91 Å². The second kappa shape index (κ2) is 8.61. The number of carbonyl (C=O) groups is 2. The lowest BCUT2D eigenvalue weighted by Gasteiger charge is -2.11. The fourth-order valence-corrected chi connectivity index (χ4v) is 4.33. The fourth-order valence-electron chi connectivity index (χ4n) is 4.33. The van der Waals surface area contributed by atoms with Gasteiger partial charge in [-0.1, -0.05) is 36.2 Å². The van der Waals surface area contributed by atoms with E-state index in [9.17, 15) is 9.59 Å². The van der Waals surface area contributed by atoms with Gasteiger partial charge in [-0.05, 0) is 26.2 Å². The highest BCUT2D eigenvalue weighted by atomic mass is 16.7. The third-order valence-corrected chi connectivity index (χ3v) is 6.06. The second-order valence-electron chi connectivity index (χ2n) is 8.26. The van der Waals surface area contributed by atoms with E-state index in [1.54, 1.807) is 6.07 Å². The number of anilines is 1. The van der Waals surface area contributed by atoms with Crippen molar-refractivity contribution in [2.75, 3.05) is 19.2 Å². The van der Waals surface area contributed by atoms with Gasteiger partial charge in [0.2, 0.25) is 6.79 Å². The molecule has 0 bridgehead atoms. The molecule has 170 valence electrons. The SMILES string of the molecule is COC(=O)c1cc2c(cc1NC(=O)c1nc(-c3ccc(C)cc3)n3c1CCCCC3)OCO2. The topological polar surface area (TPSA) is 91.7 Å². The van der Waals surface area contributed by atoms with Crippen molar-refractivity contribution < 1.29 is 23.8 Å². The first kappa shape index (κ1) is 21.1. The van der Waals surface area contributed by atoms with Crippen LogP contribution in [0.5, 0.6) is 11.5 Å². The van der Waals surface area contributed by atoms with Gasteiger partial charge in [-0.15, -0.1) is 0 Å². The Morgan fingerprint density at radius 1 is 1.06 bits per heavy atom. The van der Waals surface area contributed by atoms with E-state index in [2.05, 4.69) is 9.88 Å². The molecule has 1 amide bonds. The molecule has 3 heterocycles. The minimum atomic E-state index is -0.576. The summed E-state index contributed by atoms with van der Waals surface area (Å²) in [4.78, 5) is 30.6. The number of hydrogen-bond acceptors (Lipinski definition) is 6. The number of nitrogens with one attached hydrogen (secondary N) is 1. The summed E-state index contributed by atoms with van der Waals surface area (Å²) < 4.78 is 17.9. The predicted octanol–water partition coefficient (Wildman–Crippen LogP) is 4.35. The average molecular weight is 447 g/mol. The molecule has 1 aromatic heterocycles. The molecule has 2 aliphatic heterocycles. The number of nitrogens with zero attached hydrogens (tertiary/aromatic N) is 2. The van der Waals surface area contributed by atoms with Crippen LogP contribution in [0.1, 0.15) is 51.4 Å². The van der Waals surface area contributed by atoms with Crippen molar-refractivity contribution >= 4 is 17.6 Å². The summed E-state index contributed by atoms with van der Waals surface area (Å²) >= 11 is 0. The highest BCUT2D eigenvalue weighted by Crippen LogP contribution is 2.38. The third kappa shape index (κ3) is 3.92. The largest absolute Gasteiger partial charge is 0.465 e. The van der Waals surface area contributed by atoms with Crippen LogP contribution in [0.4, 0.5) is 5.69 Å². The van der Waals surface area contributed by atoms with Crippen molar-refractivity contribution in [1.29, 1.82) is 0 Å². The number of benzene rings is 2. The lowest BCUT2D eigenvalue weighted by atomic mass is 10.1. The molecule has 0 spiro atoms. The van der Waals surface area contributed by atoms with E-state index in [1.165, 1.54) is 13.2 Å². The summed E-state index contributed by atoms with van der Waals surface area (Å²) in [5.41, 5.74) is 3.92. The van der Waals surface area contributed by atoms with Crippen molar-refractivity contribution in [3.8, 4) is 22.9 Å². The molecular formula is C25H25N3O5. The van der Waals surface area contributed by atoms with Gasteiger partial charge in [0, 0.05) is 24.2 Å². The van der Waals surface area contributed by atoms with Crippen molar-refractivity contribution in [1.82, 2.24) is 9.55 Å². The number of methoxy groups -OCH3 is 1. The molecule has 2 aliphatic rings. The number of aromatic nitrogens is 2. The molecule has 33 heavy (non-hydrogen) atoms. The van der Waals surface area contributed by atoms with Crippen molar-refractivity contribution in [3.05, 3.63) is 58.9 Å². The summed E-state index contributed by atoms with van der Waals surface area (Å²) in [7, 11) is 1.29. The van der Waals surface area contributed by atoms with Crippen LogP contribution >= 0.6 is 0 Å². The molecule has 0 unspecified atom stereocenters. The number of amides is 1. The van der Waals surface area contributed by atoms with Gasteiger partial charge >= 0.3 is 5.97 Å². The standard InChI is InChI=1S/C25H25N3O5/c1-15-7-9-16(10-8-15)23-27-22(19-6-4-3-5-11-28(19)23)24(29)26-18-13-21-20(32-14-33-21)12-17(18)25(30)31-2/h7-10,12-13H,3-6,11,14H2,1-2H3,(H,26,29). The highest BCUT2D eigenvalue weighted by Gasteiger charge is 2.27. The first-order valence-electron chi connectivity index (χ1n) is 11.0. The molecule has 8 nitrogen and oxygen atoms in total. The molecule has 0 radical (unpaired) electrons. The maximum Gasteiger partial charge on any atom is 0.340 e. The molecule has 8 heteroatoms. The first-order chi connectivity index (χ1) is 16.0. The minimum absolute atomic E-state index is 0.0574. The number of rotatable bonds is 4. The van der Waals surface area contributed by atoms with Crippen LogP contribution in [-0.4, -0.2) is 35.3 Å². The third-order valence-electron chi connectivity index (χ3n) is 6.06. The van der Waals surface area contributed by atoms with Crippen LogP contribution < -0.4 is 14.8 Å². The summed E-state index contributed by atoms with van der Waals surface area (Å²) in [6.45, 7) is 2.91. The summed E-state index contributed by atoms with van der Waals surface area (Å²) in [6, 6.07) is 11.3. The number of aryl methyl sites for hydroxylation is 1. The van der Waals surface area contributed by atoms with Crippen molar-refractivity contribution in [2.24, 2.45) is 0 Å². The number of fused-ring (bicyclic) bond motifs is 2. The number of carbonyl (C=O) groups excluding carboxylic acids is 2. The predicted molar refractivity (Wildman–Crippen MR) is 122 cm³/mol. The van der Waals surface area contributed by atoms with Gasteiger partial charge in [-0.3, -0.25) is 4.79 Å². The Morgan fingerprint density at radius 3 is 2.58 bits per heavy atom. The average Bonchev–Trinajstić information content (AvgIpc) is 3.35. The highest BCUT2D eigenvalue weighted by molar-refractivity contribution is 6.08. The molecule has 3 aromatic rings. The zero-order valence-electron chi connectivity index (χ0n) is 18.6. The van der Waals surface area contributed by atoms with E-state index in [0.717, 1.165) is 54.9 Å². The van der Waals surface area contributed by atoms with Gasteiger partial charge in [0.05, 0.1) is 24.1 Å². The molecule has 0 aliphatic carbocycles. The van der Waals surface area contributed by atoms with E-state index >= 15 is 0 Å². The van der Waals surface area contributed by atoms with Crippen molar-refractivity contribution in [3.63, 3.8) is 0 Å². The molecule has 0 saturated heterocycles. The lowest BCUT2D eigenvalue weighted by molar-refractivity contribution is 0.0601. The molecule has 1 N–H and O–H groups in total. The number of hydrogen-bond donors (Lipinski definition) is 1. The maximum atomic E-state index is 13.4. The van der Waals surface area contributed by atoms with Gasteiger partial charge in [-0.2, -0.15) is 0 Å². The molecule has 2 aromatic carbocycles. The van der Waals surface area contributed by atoms with Crippen LogP contribution in [-0.2, 0) is 17.7 Å². The van der Waals surface area contributed by atoms with E-state index in [1.807, 2.05) is 31.2 Å². The second-order valence-corrected chi connectivity index (χ2v) is 8.26.